The van der Waals surface area contributed by atoms with Gasteiger partial charge in [0.2, 0.25) is 0 Å². The molecule has 0 amide bonds. The predicted octanol–water partition coefficient (Wildman–Crippen LogP) is 4.51. The minimum Gasteiger partial charge on any atom is -0.495 e. The Labute approximate surface area is 255 Å². The van der Waals surface area contributed by atoms with Gasteiger partial charge in [0, 0.05) is 43.9 Å². The van der Waals surface area contributed by atoms with Crippen LogP contribution in [-0.2, 0) is 6.42 Å². The Kier molecular flexibility index (Phi) is 15.1. The molecule has 0 aromatic heterocycles. The van der Waals surface area contributed by atoms with Crippen molar-refractivity contribution in [3.05, 3.63) is 71.3 Å². The third kappa shape index (κ3) is 8.75. The minimum atomic E-state index is 0. The number of methoxy groups -OCH3 is 5. The summed E-state index contributed by atoms with van der Waals surface area (Å²) in [5.41, 5.74) is 4.05. The molecule has 8 nitrogen and oxygen atoms in total. The van der Waals surface area contributed by atoms with E-state index in [-0.39, 0.29) is 30.3 Å². The summed E-state index contributed by atoms with van der Waals surface area (Å²) in [6.45, 7) is 4.81. The van der Waals surface area contributed by atoms with Crippen molar-refractivity contribution >= 4 is 30.5 Å². The van der Waals surface area contributed by atoms with Gasteiger partial charge in [-0.25, -0.2) is 0 Å². The Morgan fingerprint density at radius 2 is 1.22 bits per heavy atom. The monoisotopic (exact) mass is 606 g/mol. The lowest BCUT2D eigenvalue weighted by Crippen LogP contribution is -2.47. The van der Waals surface area contributed by atoms with Crippen molar-refractivity contribution in [2.24, 2.45) is 0 Å². The van der Waals surface area contributed by atoms with Gasteiger partial charge in [-0.15, -0.1) is 24.8 Å². The number of para-hydroxylation sites is 2. The highest BCUT2D eigenvalue weighted by atomic mass is 35.5. The molecule has 1 aliphatic rings. The van der Waals surface area contributed by atoms with Crippen LogP contribution in [0.3, 0.4) is 0 Å². The van der Waals surface area contributed by atoms with Gasteiger partial charge in [-0.05, 0) is 54.4 Å². The lowest BCUT2D eigenvalue weighted by molar-refractivity contribution is 0.260. The van der Waals surface area contributed by atoms with Crippen molar-refractivity contribution in [2.75, 3.05) is 73.2 Å². The Morgan fingerprint density at radius 1 is 0.634 bits per heavy atom. The van der Waals surface area contributed by atoms with E-state index in [0.29, 0.717) is 23.0 Å². The molecule has 10 heteroatoms. The van der Waals surface area contributed by atoms with Crippen LogP contribution in [0.5, 0.6) is 28.7 Å². The molecule has 3 aromatic carbocycles. The predicted molar refractivity (Wildman–Crippen MR) is 169 cm³/mol. The second-order valence-corrected chi connectivity index (χ2v) is 8.93. The van der Waals surface area contributed by atoms with E-state index in [4.69, 9.17) is 23.7 Å². The summed E-state index contributed by atoms with van der Waals surface area (Å²) in [5, 5.41) is 0. The third-order valence-corrected chi connectivity index (χ3v) is 6.83. The molecule has 0 spiro atoms. The smallest absolute Gasteiger partial charge is 0.161 e. The molecule has 224 valence electrons. The summed E-state index contributed by atoms with van der Waals surface area (Å²) in [6, 6.07) is 17.9. The first kappa shape index (κ1) is 35.5. The van der Waals surface area contributed by atoms with Crippen molar-refractivity contribution in [3.8, 4) is 40.6 Å². The first-order valence-corrected chi connectivity index (χ1v) is 12.7. The van der Waals surface area contributed by atoms with E-state index in [9.17, 15) is 0 Å². The standard InChI is InChI=1S/C31H36N2O5.2ClH.H2O/c1-34-27-9-7-6-8-26(27)33-18-16-32(17-19-33)15-14-25-22-31(38-5)30(37-4)21-24(25)12-10-23-11-13-28(35-2)29(20-23)36-3;;;/h6-9,11,13,20-22H,14-19H2,1-5H3;2*1H;1H2. The van der Waals surface area contributed by atoms with Crippen LogP contribution >= 0.6 is 24.8 Å². The van der Waals surface area contributed by atoms with E-state index in [1.165, 1.54) is 0 Å². The number of rotatable bonds is 9. The molecule has 0 unspecified atom stereocenters. The van der Waals surface area contributed by atoms with Crippen LogP contribution in [0.1, 0.15) is 16.7 Å². The average molecular weight is 608 g/mol. The highest BCUT2D eigenvalue weighted by molar-refractivity contribution is 5.85. The molecule has 1 saturated heterocycles. The molecule has 0 bridgehead atoms. The van der Waals surface area contributed by atoms with Gasteiger partial charge >= 0.3 is 0 Å². The molecule has 3 aromatic rings. The third-order valence-electron chi connectivity index (χ3n) is 6.83. The lowest BCUT2D eigenvalue weighted by Gasteiger charge is -2.36. The number of halogens is 2. The van der Waals surface area contributed by atoms with Gasteiger partial charge in [-0.3, -0.25) is 4.90 Å². The SMILES string of the molecule is COc1ccc(C#Cc2cc(OC)c(OC)cc2CCN2CCN(c3ccccc3OC)CC2)cc1OC.Cl.Cl.O. The summed E-state index contributed by atoms with van der Waals surface area (Å²) in [4.78, 5) is 4.89. The molecule has 0 aliphatic carbocycles. The molecule has 1 fully saturated rings. The summed E-state index contributed by atoms with van der Waals surface area (Å²) < 4.78 is 27.5. The van der Waals surface area contributed by atoms with Crippen LogP contribution in [0.2, 0.25) is 0 Å². The minimum absolute atomic E-state index is 0. The molecule has 1 heterocycles. The summed E-state index contributed by atoms with van der Waals surface area (Å²) in [6.07, 6.45) is 0.852. The van der Waals surface area contributed by atoms with E-state index >= 15 is 0 Å². The van der Waals surface area contributed by atoms with Gasteiger partial charge < -0.3 is 34.1 Å². The summed E-state index contributed by atoms with van der Waals surface area (Å²) in [7, 11) is 8.27. The van der Waals surface area contributed by atoms with Crippen molar-refractivity contribution < 1.29 is 29.2 Å². The largest absolute Gasteiger partial charge is 0.495 e. The molecule has 0 saturated carbocycles. The Bertz CT molecular complexity index is 1300. The molecule has 0 atom stereocenters. The van der Waals surface area contributed by atoms with Crippen molar-refractivity contribution in [1.82, 2.24) is 4.90 Å². The van der Waals surface area contributed by atoms with Crippen LogP contribution < -0.4 is 28.6 Å². The highest BCUT2D eigenvalue weighted by Gasteiger charge is 2.20. The topological polar surface area (TPSA) is 84.1 Å². The lowest BCUT2D eigenvalue weighted by atomic mass is 10.0. The van der Waals surface area contributed by atoms with Crippen molar-refractivity contribution in [1.29, 1.82) is 0 Å². The van der Waals surface area contributed by atoms with Gasteiger partial charge in [0.15, 0.2) is 23.0 Å². The van der Waals surface area contributed by atoms with Gasteiger partial charge in [0.05, 0.1) is 41.2 Å². The molecule has 4 rings (SSSR count). The van der Waals surface area contributed by atoms with Crippen LogP contribution in [-0.4, -0.2) is 78.6 Å². The zero-order chi connectivity index (χ0) is 26.9. The number of nitrogens with zero attached hydrogens (tertiary/aromatic N) is 2. The van der Waals surface area contributed by atoms with E-state index < -0.39 is 0 Å². The number of hydrogen-bond donors (Lipinski definition) is 0. The van der Waals surface area contributed by atoms with Gasteiger partial charge in [-0.2, -0.15) is 0 Å². The number of ether oxygens (including phenoxy) is 5. The zero-order valence-corrected chi connectivity index (χ0v) is 25.8. The molecule has 2 N–H and O–H groups in total. The number of benzene rings is 3. The van der Waals surface area contributed by atoms with Crippen LogP contribution in [0, 0.1) is 11.8 Å². The fourth-order valence-electron chi connectivity index (χ4n) is 4.68. The second-order valence-electron chi connectivity index (χ2n) is 8.93. The first-order valence-electron chi connectivity index (χ1n) is 12.7. The number of anilines is 1. The van der Waals surface area contributed by atoms with Crippen LogP contribution in [0.25, 0.3) is 0 Å². The maximum atomic E-state index is 5.59. The molecule has 0 radical (unpaired) electrons. The summed E-state index contributed by atoms with van der Waals surface area (Å²) in [5.74, 6) is 10.2. The average Bonchev–Trinajstić information content (AvgIpc) is 2.98. The quantitative estimate of drug-likeness (QED) is 0.331. The first-order chi connectivity index (χ1) is 18.6. The van der Waals surface area contributed by atoms with E-state index in [1.54, 1.807) is 35.5 Å². The maximum absolute atomic E-state index is 5.59. The fraction of sp³-hybridized carbons (Fsp3) is 0.355. The van der Waals surface area contributed by atoms with Gasteiger partial charge in [-0.1, -0.05) is 24.0 Å². The number of piperazine rings is 1. The molecule has 1 aliphatic heterocycles. The Hall–Kier alpha value is -3.48. The van der Waals surface area contributed by atoms with Crippen LogP contribution in [0.15, 0.2) is 54.6 Å². The van der Waals surface area contributed by atoms with E-state index in [1.807, 2.05) is 42.5 Å². The Morgan fingerprint density at radius 3 is 1.85 bits per heavy atom. The van der Waals surface area contributed by atoms with Crippen molar-refractivity contribution in [3.63, 3.8) is 0 Å². The second kappa shape index (κ2) is 17.4. The Balaban J connectivity index is 0.00000280. The van der Waals surface area contributed by atoms with Crippen molar-refractivity contribution in [2.45, 2.75) is 6.42 Å². The van der Waals surface area contributed by atoms with Gasteiger partial charge in [0.1, 0.15) is 5.75 Å². The molecule has 41 heavy (non-hydrogen) atoms. The number of hydrogen-bond acceptors (Lipinski definition) is 7. The maximum Gasteiger partial charge on any atom is 0.161 e. The van der Waals surface area contributed by atoms with E-state index in [2.05, 4.69) is 33.8 Å². The highest BCUT2D eigenvalue weighted by Crippen LogP contribution is 2.32. The fourth-order valence-corrected chi connectivity index (χ4v) is 4.68. The van der Waals surface area contributed by atoms with Crippen LogP contribution in [0.4, 0.5) is 5.69 Å². The molecular weight excluding hydrogens is 567 g/mol. The van der Waals surface area contributed by atoms with Gasteiger partial charge in [0.25, 0.3) is 0 Å². The normalized spacial score (nSPS) is 12.4. The van der Waals surface area contributed by atoms with E-state index in [0.717, 1.165) is 67.3 Å². The zero-order valence-electron chi connectivity index (χ0n) is 24.2. The summed E-state index contributed by atoms with van der Waals surface area (Å²) >= 11 is 0. The molecular formula is C31H40Cl2N2O6.